The SMILES string of the molecule is CC[C@@H](C(C)C)n1ncn(-c2ccc(N3CCN(c4ccc(OCC5COC(Cn6cncn6)(c6ccc(F)cc6F)C5)cc4)CC3)cc2)c1=O. The maximum Gasteiger partial charge on any atom is 0.350 e. The smallest absolute Gasteiger partial charge is 0.350 e. The van der Waals surface area contributed by atoms with Crippen LogP contribution in [-0.2, 0) is 16.9 Å². The Morgan fingerprint density at radius 1 is 0.902 bits per heavy atom. The molecule has 11 nitrogen and oxygen atoms in total. The zero-order valence-electron chi connectivity index (χ0n) is 29.2. The summed E-state index contributed by atoms with van der Waals surface area (Å²) in [7, 11) is 0. The highest BCUT2D eigenvalue weighted by atomic mass is 19.1. The first-order valence-corrected chi connectivity index (χ1v) is 17.6. The fourth-order valence-corrected chi connectivity index (χ4v) is 7.45. The molecule has 0 amide bonds. The van der Waals surface area contributed by atoms with Crippen LogP contribution in [0.4, 0.5) is 20.2 Å². The summed E-state index contributed by atoms with van der Waals surface area (Å²) in [6.07, 6.45) is 5.94. The van der Waals surface area contributed by atoms with Crippen LogP contribution in [0, 0.1) is 23.5 Å². The van der Waals surface area contributed by atoms with E-state index in [-0.39, 0.29) is 24.2 Å². The molecule has 3 aromatic carbocycles. The Morgan fingerprint density at radius 3 is 2.18 bits per heavy atom. The number of aromatic nitrogens is 6. The topological polar surface area (TPSA) is 95.5 Å². The minimum Gasteiger partial charge on any atom is -0.493 e. The lowest BCUT2D eigenvalue weighted by molar-refractivity contribution is -0.0206. The van der Waals surface area contributed by atoms with Gasteiger partial charge in [0.05, 0.1) is 31.5 Å². The molecule has 13 heteroatoms. The van der Waals surface area contributed by atoms with Crippen LogP contribution in [0.25, 0.3) is 5.69 Å². The normalized spacial score (nSPS) is 19.9. The second-order valence-electron chi connectivity index (χ2n) is 13.8. The molecule has 0 radical (unpaired) electrons. The van der Waals surface area contributed by atoms with E-state index in [4.69, 9.17) is 9.47 Å². The van der Waals surface area contributed by atoms with E-state index in [1.165, 1.54) is 18.5 Å². The molecule has 2 aromatic heterocycles. The molecular formula is C38H44F2N8O3. The molecule has 2 aliphatic heterocycles. The van der Waals surface area contributed by atoms with Gasteiger partial charge >= 0.3 is 5.69 Å². The Morgan fingerprint density at radius 2 is 1.57 bits per heavy atom. The zero-order valence-corrected chi connectivity index (χ0v) is 29.2. The molecule has 0 N–H and O–H groups in total. The van der Waals surface area contributed by atoms with E-state index in [1.807, 2.05) is 24.3 Å². The first-order chi connectivity index (χ1) is 24.7. The monoisotopic (exact) mass is 698 g/mol. The lowest BCUT2D eigenvalue weighted by Crippen LogP contribution is -2.46. The van der Waals surface area contributed by atoms with Gasteiger partial charge in [0.15, 0.2) is 0 Å². The predicted molar refractivity (Wildman–Crippen MR) is 190 cm³/mol. The molecule has 4 heterocycles. The number of benzene rings is 3. The molecule has 0 aliphatic carbocycles. The van der Waals surface area contributed by atoms with Crippen molar-refractivity contribution < 1.29 is 18.3 Å². The van der Waals surface area contributed by atoms with Crippen molar-refractivity contribution in [3.05, 3.63) is 113 Å². The molecule has 2 aliphatic rings. The number of rotatable bonds is 12. The molecule has 7 rings (SSSR count). The van der Waals surface area contributed by atoms with E-state index in [9.17, 15) is 13.6 Å². The maximum absolute atomic E-state index is 15.0. The summed E-state index contributed by atoms with van der Waals surface area (Å²) in [4.78, 5) is 21.8. The average Bonchev–Trinajstić information content (AvgIpc) is 3.90. The average molecular weight is 699 g/mol. The Kier molecular flexibility index (Phi) is 9.90. The van der Waals surface area contributed by atoms with Gasteiger partial charge in [-0.25, -0.2) is 32.5 Å². The lowest BCUT2D eigenvalue weighted by Gasteiger charge is -2.37. The van der Waals surface area contributed by atoms with Gasteiger partial charge in [0, 0.05) is 55.1 Å². The zero-order chi connectivity index (χ0) is 35.5. The van der Waals surface area contributed by atoms with Gasteiger partial charge in [0.2, 0.25) is 0 Å². The quantitative estimate of drug-likeness (QED) is 0.160. The maximum atomic E-state index is 15.0. The summed E-state index contributed by atoms with van der Waals surface area (Å²) < 4.78 is 46.0. The number of piperazine rings is 1. The number of nitrogens with zero attached hydrogens (tertiary/aromatic N) is 8. The van der Waals surface area contributed by atoms with Gasteiger partial charge < -0.3 is 19.3 Å². The van der Waals surface area contributed by atoms with Crippen LogP contribution >= 0.6 is 0 Å². The van der Waals surface area contributed by atoms with Crippen LogP contribution in [-0.4, -0.2) is 68.5 Å². The van der Waals surface area contributed by atoms with E-state index in [2.05, 4.69) is 70.0 Å². The van der Waals surface area contributed by atoms with Crippen molar-refractivity contribution in [2.45, 2.75) is 51.8 Å². The van der Waals surface area contributed by atoms with Crippen LogP contribution in [0.3, 0.4) is 0 Å². The molecule has 2 saturated heterocycles. The van der Waals surface area contributed by atoms with Gasteiger partial charge in [-0.1, -0.05) is 26.8 Å². The van der Waals surface area contributed by atoms with Crippen LogP contribution in [0.5, 0.6) is 5.75 Å². The molecule has 0 bridgehead atoms. The Balaban J connectivity index is 0.923. The van der Waals surface area contributed by atoms with Crippen LogP contribution < -0.4 is 20.2 Å². The number of halogens is 2. The molecule has 2 unspecified atom stereocenters. The highest BCUT2D eigenvalue weighted by molar-refractivity contribution is 5.54. The third kappa shape index (κ3) is 7.25. The van der Waals surface area contributed by atoms with E-state index >= 15 is 0 Å². The molecule has 51 heavy (non-hydrogen) atoms. The predicted octanol–water partition coefficient (Wildman–Crippen LogP) is 5.85. The second-order valence-corrected chi connectivity index (χ2v) is 13.8. The first-order valence-electron chi connectivity index (χ1n) is 17.6. The third-order valence-electron chi connectivity index (χ3n) is 10.2. The van der Waals surface area contributed by atoms with E-state index in [1.54, 1.807) is 26.6 Å². The summed E-state index contributed by atoms with van der Waals surface area (Å²) in [6.45, 7) is 10.8. The molecular weight excluding hydrogens is 654 g/mol. The van der Waals surface area contributed by atoms with Gasteiger partial charge in [-0.2, -0.15) is 10.2 Å². The molecule has 268 valence electrons. The first kappa shape index (κ1) is 34.4. The lowest BCUT2D eigenvalue weighted by atomic mass is 9.87. The number of anilines is 2. The van der Waals surface area contributed by atoms with Crippen LogP contribution in [0.15, 0.2) is 90.5 Å². The van der Waals surface area contributed by atoms with Gasteiger partial charge in [0.25, 0.3) is 0 Å². The molecule has 5 aromatic rings. The van der Waals surface area contributed by atoms with Gasteiger partial charge in [-0.15, -0.1) is 0 Å². The Bertz CT molecular complexity index is 1950. The van der Waals surface area contributed by atoms with Crippen molar-refractivity contribution >= 4 is 11.4 Å². The van der Waals surface area contributed by atoms with E-state index < -0.39 is 17.2 Å². The summed E-state index contributed by atoms with van der Waals surface area (Å²) >= 11 is 0. The summed E-state index contributed by atoms with van der Waals surface area (Å²) in [5, 5.41) is 8.60. The van der Waals surface area contributed by atoms with Crippen molar-refractivity contribution in [1.29, 1.82) is 0 Å². The third-order valence-corrected chi connectivity index (χ3v) is 10.2. The molecule has 2 fully saturated rings. The van der Waals surface area contributed by atoms with Crippen LogP contribution in [0.1, 0.15) is 45.2 Å². The minimum atomic E-state index is -1.01. The van der Waals surface area contributed by atoms with Crippen molar-refractivity contribution in [3.8, 4) is 11.4 Å². The van der Waals surface area contributed by atoms with Crippen LogP contribution in [0.2, 0.25) is 0 Å². The minimum absolute atomic E-state index is 0.00301. The summed E-state index contributed by atoms with van der Waals surface area (Å²) in [6, 6.07) is 19.9. The summed E-state index contributed by atoms with van der Waals surface area (Å²) in [5.41, 5.74) is 2.24. The van der Waals surface area contributed by atoms with Gasteiger partial charge in [-0.3, -0.25) is 0 Å². The van der Waals surface area contributed by atoms with Gasteiger partial charge in [-0.05, 0) is 73.4 Å². The Labute approximate surface area is 296 Å². The number of hydrogen-bond donors (Lipinski definition) is 0. The summed E-state index contributed by atoms with van der Waals surface area (Å²) in [5.74, 6) is -0.205. The highest BCUT2D eigenvalue weighted by Gasteiger charge is 2.44. The Hall–Kier alpha value is -5.04. The molecule has 0 saturated carbocycles. The standard InChI is InChI=1S/C38H44F2N8O3/c1-4-36(27(2)3)48-37(49)47(26-43-48)32-8-6-30(7-9-32)44-15-17-45(18-16-44)31-10-12-33(13-11-31)50-21-28-20-38(51-22-28,23-46-25-41-24-42-46)34-14-5-29(39)19-35(34)40/h5-14,19,24-28,36H,4,15-18,20-23H2,1-3H3/t28?,36-,38?/m0/s1. The molecule has 3 atom stereocenters. The molecule has 0 spiro atoms. The van der Waals surface area contributed by atoms with E-state index in [0.717, 1.165) is 61.5 Å². The fraction of sp³-hybridized carbons (Fsp3) is 0.421. The van der Waals surface area contributed by atoms with Gasteiger partial charge in [0.1, 0.15) is 42.0 Å². The van der Waals surface area contributed by atoms with Crippen molar-refractivity contribution in [3.63, 3.8) is 0 Å². The number of ether oxygens (including phenoxy) is 2. The largest absolute Gasteiger partial charge is 0.493 e. The van der Waals surface area contributed by atoms with Crippen molar-refractivity contribution in [2.24, 2.45) is 11.8 Å². The van der Waals surface area contributed by atoms with Crippen molar-refractivity contribution in [2.75, 3.05) is 49.2 Å². The second kappa shape index (κ2) is 14.7. The number of hydrogen-bond acceptors (Lipinski definition) is 8. The fourth-order valence-electron chi connectivity index (χ4n) is 7.45. The highest BCUT2D eigenvalue weighted by Crippen LogP contribution is 2.42. The van der Waals surface area contributed by atoms with E-state index in [0.29, 0.717) is 31.1 Å². The van der Waals surface area contributed by atoms with Crippen molar-refractivity contribution in [1.82, 2.24) is 29.1 Å².